The van der Waals surface area contributed by atoms with Gasteiger partial charge < -0.3 is 4.98 Å². The molecule has 0 unspecified atom stereocenters. The molecule has 0 aliphatic rings. The largest absolute Gasteiger partial charge is 0.361 e. The van der Waals surface area contributed by atoms with Crippen LogP contribution < -0.4 is 5.43 Å². The van der Waals surface area contributed by atoms with E-state index in [0.29, 0.717) is 0 Å². The molecule has 2 N–H and O–H groups in total. The quantitative estimate of drug-likeness (QED) is 0.321. The topological polar surface area (TPSA) is 70.1 Å². The van der Waals surface area contributed by atoms with Crippen molar-refractivity contribution in [2.75, 3.05) is 5.75 Å². The second-order valence-electron chi connectivity index (χ2n) is 5.71. The molecular weight excluding hydrogens is 344 g/mol. The first-order chi connectivity index (χ1) is 12.8. The Labute approximate surface area is 154 Å². The monoisotopic (exact) mass is 360 g/mol. The number of fused-ring (bicyclic) bond motifs is 2. The van der Waals surface area contributed by atoms with Crippen LogP contribution in [0.5, 0.6) is 0 Å². The lowest BCUT2D eigenvalue weighted by atomic mass is 10.2. The average Bonchev–Trinajstić information content (AvgIpc) is 3.09. The Hall–Kier alpha value is -3.12. The number of amides is 1. The number of para-hydroxylation sites is 2. The highest BCUT2D eigenvalue weighted by Crippen LogP contribution is 2.19. The molecule has 2 heterocycles. The van der Waals surface area contributed by atoms with Gasteiger partial charge in [0.05, 0.1) is 22.5 Å². The van der Waals surface area contributed by atoms with E-state index >= 15 is 0 Å². The van der Waals surface area contributed by atoms with Gasteiger partial charge in [-0.05, 0) is 18.2 Å². The van der Waals surface area contributed by atoms with E-state index in [1.165, 1.54) is 11.8 Å². The van der Waals surface area contributed by atoms with Crippen molar-refractivity contribution in [1.29, 1.82) is 0 Å². The van der Waals surface area contributed by atoms with Gasteiger partial charge in [0.1, 0.15) is 0 Å². The summed E-state index contributed by atoms with van der Waals surface area (Å²) in [5, 5.41) is 7.02. The van der Waals surface area contributed by atoms with Crippen molar-refractivity contribution in [3.05, 3.63) is 72.4 Å². The van der Waals surface area contributed by atoms with Gasteiger partial charge in [0.2, 0.25) is 5.91 Å². The number of thioether (sulfide) groups is 1. The predicted molar refractivity (Wildman–Crippen MR) is 107 cm³/mol. The maximum absolute atomic E-state index is 12.0. The van der Waals surface area contributed by atoms with Crippen molar-refractivity contribution in [3.63, 3.8) is 0 Å². The summed E-state index contributed by atoms with van der Waals surface area (Å²) < 4.78 is 0. The van der Waals surface area contributed by atoms with Crippen LogP contribution in [0.25, 0.3) is 21.8 Å². The Morgan fingerprint density at radius 1 is 1.12 bits per heavy atom. The number of carbonyl (C=O) groups is 1. The Kier molecular flexibility index (Phi) is 4.66. The number of nitrogens with one attached hydrogen (secondary N) is 2. The number of hydrogen-bond donors (Lipinski definition) is 2. The van der Waals surface area contributed by atoms with Gasteiger partial charge in [-0.3, -0.25) is 4.79 Å². The summed E-state index contributed by atoms with van der Waals surface area (Å²) in [5.74, 6) is 0.0948. The van der Waals surface area contributed by atoms with Crippen molar-refractivity contribution in [1.82, 2.24) is 15.4 Å². The van der Waals surface area contributed by atoms with E-state index in [-0.39, 0.29) is 11.7 Å². The van der Waals surface area contributed by atoms with Gasteiger partial charge >= 0.3 is 0 Å². The molecule has 0 atom stereocenters. The van der Waals surface area contributed by atoms with Crippen LogP contribution in [0.3, 0.4) is 0 Å². The number of nitrogens with zero attached hydrogens (tertiary/aromatic N) is 2. The summed E-state index contributed by atoms with van der Waals surface area (Å²) in [7, 11) is 0. The number of H-pyrrole nitrogens is 1. The third-order valence-corrected chi connectivity index (χ3v) is 4.87. The van der Waals surface area contributed by atoms with Crippen LogP contribution >= 0.6 is 11.8 Å². The second kappa shape index (κ2) is 7.41. The Morgan fingerprint density at radius 2 is 1.96 bits per heavy atom. The number of hydrogen-bond acceptors (Lipinski definition) is 4. The van der Waals surface area contributed by atoms with E-state index in [1.807, 2.05) is 66.9 Å². The molecule has 0 radical (unpaired) electrons. The molecule has 0 aliphatic carbocycles. The molecule has 4 aromatic rings. The molecule has 6 heteroatoms. The molecule has 0 fully saturated rings. The molecule has 0 aliphatic heterocycles. The van der Waals surface area contributed by atoms with Gasteiger partial charge in [-0.25, -0.2) is 10.4 Å². The maximum Gasteiger partial charge on any atom is 0.250 e. The Morgan fingerprint density at radius 3 is 2.92 bits per heavy atom. The van der Waals surface area contributed by atoms with Crippen molar-refractivity contribution in [2.45, 2.75) is 5.03 Å². The van der Waals surface area contributed by atoms with Gasteiger partial charge in [-0.1, -0.05) is 54.2 Å². The minimum Gasteiger partial charge on any atom is -0.361 e. The molecule has 5 nitrogen and oxygen atoms in total. The number of pyridine rings is 1. The van der Waals surface area contributed by atoms with E-state index < -0.39 is 0 Å². The summed E-state index contributed by atoms with van der Waals surface area (Å²) in [5.41, 5.74) is 5.46. The van der Waals surface area contributed by atoms with Crippen molar-refractivity contribution in [3.8, 4) is 0 Å². The molecule has 0 bridgehead atoms. The Bertz CT molecular complexity index is 1100. The number of carbonyl (C=O) groups excluding carboxylic acids is 1. The highest BCUT2D eigenvalue weighted by atomic mass is 32.2. The molecule has 4 rings (SSSR count). The van der Waals surface area contributed by atoms with Crippen LogP contribution in [0, 0.1) is 0 Å². The summed E-state index contributed by atoms with van der Waals surface area (Å²) in [6.07, 6.45) is 3.52. The average molecular weight is 360 g/mol. The van der Waals surface area contributed by atoms with Gasteiger partial charge in [-0.2, -0.15) is 5.10 Å². The fourth-order valence-corrected chi connectivity index (χ4v) is 3.34. The van der Waals surface area contributed by atoms with Gasteiger partial charge in [-0.15, -0.1) is 0 Å². The number of rotatable bonds is 5. The van der Waals surface area contributed by atoms with Gasteiger partial charge in [0.25, 0.3) is 0 Å². The number of aromatic nitrogens is 2. The number of hydrazone groups is 1. The minimum atomic E-state index is -0.166. The normalized spacial score (nSPS) is 11.4. The highest BCUT2D eigenvalue weighted by Gasteiger charge is 2.04. The molecular formula is C20H16N4OS. The standard InChI is InChI=1S/C20H16N4OS/c25-19(13-26-20-10-9-14-5-1-3-7-17(14)23-20)24-22-12-15-11-21-18-8-4-2-6-16(15)18/h1-12,21H,13H2,(H,24,25). The zero-order chi connectivity index (χ0) is 17.8. The van der Waals surface area contributed by atoms with Gasteiger partial charge in [0.15, 0.2) is 0 Å². The van der Waals surface area contributed by atoms with E-state index in [1.54, 1.807) is 6.21 Å². The molecule has 2 aromatic heterocycles. The zero-order valence-electron chi connectivity index (χ0n) is 13.8. The second-order valence-corrected chi connectivity index (χ2v) is 6.71. The van der Waals surface area contributed by atoms with Crippen LogP contribution in [0.4, 0.5) is 0 Å². The third kappa shape index (κ3) is 3.60. The molecule has 0 saturated heterocycles. The summed E-state index contributed by atoms with van der Waals surface area (Å²) in [6.45, 7) is 0. The fourth-order valence-electron chi connectivity index (χ4n) is 2.67. The van der Waals surface area contributed by atoms with Crippen molar-refractivity contribution in [2.24, 2.45) is 5.10 Å². The molecule has 0 saturated carbocycles. The number of benzene rings is 2. The van der Waals surface area contributed by atoms with Crippen molar-refractivity contribution >= 4 is 45.7 Å². The molecule has 128 valence electrons. The lowest BCUT2D eigenvalue weighted by Crippen LogP contribution is -2.19. The summed E-state index contributed by atoms with van der Waals surface area (Å²) >= 11 is 1.39. The maximum atomic E-state index is 12.0. The molecule has 26 heavy (non-hydrogen) atoms. The van der Waals surface area contributed by atoms with Gasteiger partial charge in [0, 0.05) is 28.0 Å². The van der Waals surface area contributed by atoms with E-state index in [2.05, 4.69) is 20.5 Å². The van der Waals surface area contributed by atoms with E-state index in [9.17, 15) is 4.79 Å². The Balaban J connectivity index is 1.34. The van der Waals surface area contributed by atoms with Crippen LogP contribution in [-0.2, 0) is 4.79 Å². The van der Waals surface area contributed by atoms with Crippen molar-refractivity contribution < 1.29 is 4.79 Å². The van der Waals surface area contributed by atoms with E-state index in [0.717, 1.165) is 32.4 Å². The minimum absolute atomic E-state index is 0.166. The SMILES string of the molecule is O=C(CSc1ccc2ccccc2n1)NN=Cc1c[nH]c2ccccc12. The van der Waals surface area contributed by atoms with Crippen LogP contribution in [-0.4, -0.2) is 27.8 Å². The zero-order valence-corrected chi connectivity index (χ0v) is 14.7. The van der Waals surface area contributed by atoms with Crippen LogP contribution in [0.2, 0.25) is 0 Å². The molecule has 2 aromatic carbocycles. The summed E-state index contributed by atoms with van der Waals surface area (Å²) in [6, 6.07) is 19.8. The molecule has 1 amide bonds. The van der Waals surface area contributed by atoms with E-state index in [4.69, 9.17) is 0 Å². The summed E-state index contributed by atoms with van der Waals surface area (Å²) in [4.78, 5) is 19.7. The fraction of sp³-hybridized carbons (Fsp3) is 0.0500. The number of aromatic amines is 1. The first kappa shape index (κ1) is 16.4. The van der Waals surface area contributed by atoms with Crippen LogP contribution in [0.1, 0.15) is 5.56 Å². The lowest BCUT2D eigenvalue weighted by molar-refractivity contribution is -0.118. The predicted octanol–water partition coefficient (Wildman–Crippen LogP) is 3.96. The van der Waals surface area contributed by atoms with Crippen LogP contribution in [0.15, 0.2) is 77.0 Å². The highest BCUT2D eigenvalue weighted by molar-refractivity contribution is 7.99. The lowest BCUT2D eigenvalue weighted by Gasteiger charge is -2.02. The third-order valence-electron chi connectivity index (χ3n) is 3.94. The first-order valence-corrected chi connectivity index (χ1v) is 9.15. The smallest absolute Gasteiger partial charge is 0.250 e. The first-order valence-electron chi connectivity index (χ1n) is 8.16. The molecule has 0 spiro atoms.